The molecule has 0 saturated carbocycles. The Morgan fingerprint density at radius 3 is 2.75 bits per heavy atom. The van der Waals surface area contributed by atoms with Crippen LogP contribution in [0, 0.1) is 11.8 Å². The number of halogens is 1. The van der Waals surface area contributed by atoms with Gasteiger partial charge in [0.1, 0.15) is 11.6 Å². The number of carbonyl (C=O) groups is 3. The molecule has 4 heterocycles. The van der Waals surface area contributed by atoms with Crippen LogP contribution in [0.5, 0.6) is 0 Å². The van der Waals surface area contributed by atoms with E-state index in [1.807, 2.05) is 0 Å². The Balaban J connectivity index is 1.54. The lowest BCUT2D eigenvalue weighted by atomic mass is 9.70. The first-order valence-corrected chi connectivity index (χ1v) is 12.3. The Morgan fingerprint density at radius 2 is 2.06 bits per heavy atom. The van der Waals surface area contributed by atoms with E-state index in [1.54, 1.807) is 6.92 Å². The molecule has 4 rings (SSSR count). The number of rotatable bonds is 9. The van der Waals surface area contributed by atoms with Crippen LogP contribution in [-0.4, -0.2) is 114 Å². The lowest BCUT2D eigenvalue weighted by molar-refractivity contribution is -0.154. The molecule has 4 saturated heterocycles. The standard InChI is InChI=1S/C21H32BrN3O7/c1-2-31-20(29)14-15-19(28)25(5-3-9-26)17(21(15)12-13(22)16(14)32-21)18(27)23-4-6-24-7-10-30-11-8-24/h13-17,26H,2-12H2,1H3,(H,23,27)/t13?,14-,15+,16-,17-,21+/m1/s1. The van der Waals surface area contributed by atoms with Crippen LogP contribution in [0.25, 0.3) is 0 Å². The zero-order valence-corrected chi connectivity index (χ0v) is 19.9. The molecule has 180 valence electrons. The van der Waals surface area contributed by atoms with Crippen molar-refractivity contribution in [3.8, 4) is 0 Å². The van der Waals surface area contributed by atoms with Crippen LogP contribution >= 0.6 is 15.9 Å². The van der Waals surface area contributed by atoms with Crippen LogP contribution in [0.3, 0.4) is 0 Å². The topological polar surface area (TPSA) is 118 Å². The lowest BCUT2D eigenvalue weighted by Crippen LogP contribution is -2.56. The molecular weight excluding hydrogens is 486 g/mol. The number of nitrogens with zero attached hydrogens (tertiary/aromatic N) is 2. The molecule has 10 nitrogen and oxygen atoms in total. The van der Waals surface area contributed by atoms with E-state index in [0.29, 0.717) is 39.1 Å². The van der Waals surface area contributed by atoms with Crippen molar-refractivity contribution >= 4 is 33.7 Å². The molecule has 11 heteroatoms. The van der Waals surface area contributed by atoms with E-state index in [9.17, 15) is 19.5 Å². The first kappa shape index (κ1) is 23.9. The Bertz CT molecular complexity index is 734. The average molecular weight is 518 g/mol. The third-order valence-electron chi connectivity index (χ3n) is 6.98. The van der Waals surface area contributed by atoms with Crippen LogP contribution in [0.4, 0.5) is 0 Å². The van der Waals surface area contributed by atoms with Crippen molar-refractivity contribution in [1.29, 1.82) is 0 Å². The molecule has 0 aromatic heterocycles. The van der Waals surface area contributed by atoms with E-state index in [2.05, 4.69) is 26.1 Å². The van der Waals surface area contributed by atoms with Gasteiger partial charge in [-0.2, -0.15) is 0 Å². The molecule has 2 N–H and O–H groups in total. The highest BCUT2D eigenvalue weighted by Gasteiger charge is 2.76. The Labute approximate surface area is 196 Å². The van der Waals surface area contributed by atoms with Crippen molar-refractivity contribution in [1.82, 2.24) is 15.1 Å². The summed E-state index contributed by atoms with van der Waals surface area (Å²) in [7, 11) is 0. The highest BCUT2D eigenvalue weighted by Crippen LogP contribution is 2.60. The number of ether oxygens (including phenoxy) is 3. The van der Waals surface area contributed by atoms with Crippen LogP contribution in [-0.2, 0) is 28.6 Å². The number of alkyl halides is 1. The minimum Gasteiger partial charge on any atom is -0.466 e. The van der Waals surface area contributed by atoms with Crippen molar-refractivity contribution < 1.29 is 33.7 Å². The molecule has 4 aliphatic rings. The maximum atomic E-state index is 13.5. The van der Waals surface area contributed by atoms with Crippen molar-refractivity contribution in [2.24, 2.45) is 11.8 Å². The van der Waals surface area contributed by atoms with Crippen LogP contribution < -0.4 is 5.32 Å². The summed E-state index contributed by atoms with van der Waals surface area (Å²) in [6.45, 7) is 6.21. The zero-order valence-electron chi connectivity index (χ0n) is 18.3. The van der Waals surface area contributed by atoms with Crippen LogP contribution in [0.1, 0.15) is 19.8 Å². The van der Waals surface area contributed by atoms with Gasteiger partial charge in [-0.05, 0) is 19.8 Å². The summed E-state index contributed by atoms with van der Waals surface area (Å²) >= 11 is 3.61. The Kier molecular flexibility index (Phi) is 7.40. The number of nitrogens with one attached hydrogen (secondary N) is 1. The predicted molar refractivity (Wildman–Crippen MR) is 116 cm³/mol. The number of fused-ring (bicyclic) bond motifs is 1. The minimum absolute atomic E-state index is 0.0985. The van der Waals surface area contributed by atoms with E-state index in [1.165, 1.54) is 4.90 Å². The lowest BCUT2D eigenvalue weighted by Gasteiger charge is -2.34. The molecular formula is C21H32BrN3O7. The maximum Gasteiger partial charge on any atom is 0.312 e. The average Bonchev–Trinajstić information content (AvgIpc) is 3.36. The monoisotopic (exact) mass is 517 g/mol. The summed E-state index contributed by atoms with van der Waals surface area (Å²) in [6.07, 6.45) is 0.296. The molecule has 1 unspecified atom stereocenters. The molecule has 0 aliphatic carbocycles. The van der Waals surface area contributed by atoms with Gasteiger partial charge < -0.3 is 29.5 Å². The summed E-state index contributed by atoms with van der Waals surface area (Å²) < 4.78 is 16.9. The van der Waals surface area contributed by atoms with E-state index in [-0.39, 0.29) is 36.4 Å². The number of hydrogen-bond donors (Lipinski definition) is 2. The number of esters is 1. The highest BCUT2D eigenvalue weighted by molar-refractivity contribution is 9.09. The normalized spacial score (nSPS) is 36.4. The van der Waals surface area contributed by atoms with Crippen LogP contribution in [0.2, 0.25) is 0 Å². The quantitative estimate of drug-likeness (QED) is 0.299. The fourth-order valence-electron chi connectivity index (χ4n) is 5.68. The summed E-state index contributed by atoms with van der Waals surface area (Å²) in [5, 5.41) is 12.3. The summed E-state index contributed by atoms with van der Waals surface area (Å²) in [6, 6.07) is -0.847. The number of likely N-dealkylation sites (tertiary alicyclic amines) is 1. The van der Waals surface area contributed by atoms with E-state index >= 15 is 0 Å². The van der Waals surface area contributed by atoms with Gasteiger partial charge in [0.15, 0.2) is 0 Å². The van der Waals surface area contributed by atoms with E-state index < -0.39 is 35.6 Å². The second-order valence-electron chi connectivity index (χ2n) is 8.77. The Morgan fingerprint density at radius 1 is 1.31 bits per heavy atom. The zero-order chi connectivity index (χ0) is 22.9. The molecule has 6 atom stereocenters. The number of amides is 2. The van der Waals surface area contributed by atoms with Crippen molar-refractivity contribution in [2.75, 3.05) is 59.2 Å². The van der Waals surface area contributed by atoms with Gasteiger partial charge in [-0.25, -0.2) is 0 Å². The molecule has 4 fully saturated rings. The van der Waals surface area contributed by atoms with E-state index in [4.69, 9.17) is 14.2 Å². The second-order valence-corrected chi connectivity index (χ2v) is 9.95. The summed E-state index contributed by atoms with van der Waals surface area (Å²) in [5.74, 6) is -2.52. The number of morpholine rings is 1. The SMILES string of the molecule is CCOC(=O)[C@H]1[C@@H]2O[C@@]3(CC2Br)[C@@H]1C(=O)N(CCCO)[C@@H]3C(=O)NCCN1CCOCC1. The molecule has 4 aliphatic heterocycles. The summed E-state index contributed by atoms with van der Waals surface area (Å²) in [5.41, 5.74) is -1.08. The van der Waals surface area contributed by atoms with Crippen molar-refractivity contribution in [3.05, 3.63) is 0 Å². The fraction of sp³-hybridized carbons (Fsp3) is 0.857. The second kappa shape index (κ2) is 9.92. The third-order valence-corrected chi connectivity index (χ3v) is 7.83. The Hall–Kier alpha value is -1.27. The third kappa shape index (κ3) is 4.06. The molecule has 32 heavy (non-hydrogen) atoms. The smallest absolute Gasteiger partial charge is 0.312 e. The molecule has 2 bridgehead atoms. The van der Waals surface area contributed by atoms with Gasteiger partial charge >= 0.3 is 5.97 Å². The fourth-order valence-corrected chi connectivity index (χ4v) is 6.62. The van der Waals surface area contributed by atoms with Gasteiger partial charge in [0.25, 0.3) is 0 Å². The van der Waals surface area contributed by atoms with Crippen LogP contribution in [0.15, 0.2) is 0 Å². The molecule has 1 spiro atoms. The van der Waals surface area contributed by atoms with Gasteiger partial charge in [0.05, 0.1) is 37.8 Å². The molecule has 2 amide bonds. The summed E-state index contributed by atoms with van der Waals surface area (Å²) in [4.78, 5) is 43.2. The first-order chi connectivity index (χ1) is 15.4. The van der Waals surface area contributed by atoms with Gasteiger partial charge in [-0.3, -0.25) is 19.3 Å². The first-order valence-electron chi connectivity index (χ1n) is 11.4. The highest BCUT2D eigenvalue weighted by atomic mass is 79.9. The van der Waals surface area contributed by atoms with Crippen molar-refractivity contribution in [3.63, 3.8) is 0 Å². The van der Waals surface area contributed by atoms with E-state index in [0.717, 1.165) is 13.1 Å². The maximum absolute atomic E-state index is 13.5. The number of aliphatic hydroxyl groups excluding tert-OH is 1. The molecule has 0 radical (unpaired) electrons. The largest absolute Gasteiger partial charge is 0.466 e. The molecule has 0 aromatic rings. The van der Waals surface area contributed by atoms with Gasteiger partial charge in [-0.1, -0.05) is 15.9 Å². The number of carbonyl (C=O) groups excluding carboxylic acids is 3. The van der Waals surface area contributed by atoms with Gasteiger partial charge in [0.2, 0.25) is 11.8 Å². The van der Waals surface area contributed by atoms with Gasteiger partial charge in [-0.15, -0.1) is 0 Å². The minimum atomic E-state index is -1.08. The number of hydrogen-bond acceptors (Lipinski definition) is 8. The number of aliphatic hydroxyl groups is 1. The van der Waals surface area contributed by atoms with Crippen molar-refractivity contribution in [2.45, 2.75) is 42.3 Å². The predicted octanol–water partition coefficient (Wildman–Crippen LogP) is -0.872. The molecule has 0 aromatic carbocycles. The van der Waals surface area contributed by atoms with Gasteiger partial charge in [0, 0.05) is 44.2 Å².